The molecule has 9 nitrogen and oxygen atoms in total. The molecule has 2 aliphatic heterocycles. The number of hydrogen-bond donors (Lipinski definition) is 0. The van der Waals surface area contributed by atoms with Gasteiger partial charge < -0.3 is 9.47 Å². The van der Waals surface area contributed by atoms with Gasteiger partial charge in [-0.25, -0.2) is 28.0 Å². The maximum atomic E-state index is 13.3. The Bertz CT molecular complexity index is 1350. The lowest BCUT2D eigenvalue weighted by atomic mass is 10.0. The van der Waals surface area contributed by atoms with Crippen molar-refractivity contribution in [3.8, 4) is 0 Å². The van der Waals surface area contributed by atoms with Crippen molar-refractivity contribution in [1.29, 1.82) is 0 Å². The second-order valence-electron chi connectivity index (χ2n) is 10.2. The molecule has 2 atom stereocenters. The van der Waals surface area contributed by atoms with Crippen LogP contribution in [0, 0.1) is 0 Å². The van der Waals surface area contributed by atoms with Crippen LogP contribution in [0.3, 0.4) is 0 Å². The lowest BCUT2D eigenvalue weighted by Crippen LogP contribution is -2.50. The highest BCUT2D eigenvalue weighted by Gasteiger charge is 2.50. The van der Waals surface area contributed by atoms with E-state index in [4.69, 9.17) is 9.47 Å². The Hall–Kier alpha value is -3.89. The first-order valence-electron chi connectivity index (χ1n) is 13.3. The third kappa shape index (κ3) is 6.63. The van der Waals surface area contributed by atoms with Crippen LogP contribution in [0.4, 0.5) is 9.59 Å². The Morgan fingerprint density at radius 2 is 1.20 bits per heavy atom. The Kier molecular flexibility index (Phi) is 8.37. The average Bonchev–Trinajstić information content (AvgIpc) is 3.24. The van der Waals surface area contributed by atoms with Crippen molar-refractivity contribution in [2.24, 2.45) is 0 Å². The van der Waals surface area contributed by atoms with Crippen molar-refractivity contribution in [3.05, 3.63) is 102 Å². The molecule has 0 radical (unpaired) electrons. The van der Waals surface area contributed by atoms with E-state index in [1.54, 1.807) is 12.1 Å². The van der Waals surface area contributed by atoms with Crippen LogP contribution < -0.4 is 0 Å². The molecule has 210 valence electrons. The van der Waals surface area contributed by atoms with Crippen LogP contribution in [-0.2, 0) is 38.9 Å². The molecule has 2 bridgehead atoms. The van der Waals surface area contributed by atoms with Gasteiger partial charge in [0.05, 0.1) is 17.0 Å². The minimum atomic E-state index is -3.24. The van der Waals surface area contributed by atoms with E-state index in [2.05, 4.69) is 4.90 Å². The molecule has 40 heavy (non-hydrogen) atoms. The summed E-state index contributed by atoms with van der Waals surface area (Å²) in [6.45, 7) is 2.08. The summed E-state index contributed by atoms with van der Waals surface area (Å²) in [7, 11) is -3.24. The Morgan fingerprint density at radius 3 is 1.65 bits per heavy atom. The fourth-order valence-electron chi connectivity index (χ4n) is 5.26. The second kappa shape index (κ2) is 12.1. The van der Waals surface area contributed by atoms with E-state index in [0.717, 1.165) is 16.7 Å². The average molecular weight is 564 g/mol. The lowest BCUT2D eigenvalue weighted by Gasteiger charge is -2.30. The lowest BCUT2D eigenvalue weighted by molar-refractivity contribution is -0.0199. The molecule has 2 amide bonds. The highest BCUT2D eigenvalue weighted by Crippen LogP contribution is 2.32. The first kappa shape index (κ1) is 27.7. The maximum Gasteiger partial charge on any atom is 0.429 e. The minimum absolute atomic E-state index is 0.105. The van der Waals surface area contributed by atoms with E-state index in [1.807, 2.05) is 72.8 Å². The SMILES string of the molecule is CS(=O)(=O)c1ccc(CCN2CC3CC(C2)N(C(=O)OCc2ccccc2)N3C(=O)OCc2ccccc2)cc1. The van der Waals surface area contributed by atoms with E-state index in [9.17, 15) is 18.0 Å². The first-order valence-corrected chi connectivity index (χ1v) is 15.2. The number of fused-ring (bicyclic) bond motifs is 2. The molecule has 0 aromatic heterocycles. The Morgan fingerprint density at radius 1 is 0.725 bits per heavy atom. The van der Waals surface area contributed by atoms with Crippen LogP contribution in [0.2, 0.25) is 0 Å². The van der Waals surface area contributed by atoms with Gasteiger partial charge in [0, 0.05) is 25.9 Å². The molecule has 5 rings (SSSR count). The molecule has 0 spiro atoms. The van der Waals surface area contributed by atoms with Gasteiger partial charge in [-0.15, -0.1) is 0 Å². The fourth-order valence-corrected chi connectivity index (χ4v) is 5.89. The van der Waals surface area contributed by atoms with Crippen molar-refractivity contribution in [2.45, 2.75) is 43.0 Å². The van der Waals surface area contributed by atoms with Gasteiger partial charge in [-0.3, -0.25) is 4.90 Å². The van der Waals surface area contributed by atoms with E-state index in [-0.39, 0.29) is 25.3 Å². The van der Waals surface area contributed by atoms with Crippen molar-refractivity contribution < 1.29 is 27.5 Å². The summed E-state index contributed by atoms with van der Waals surface area (Å²) in [5.41, 5.74) is 2.74. The normalized spacial score (nSPS) is 18.9. The van der Waals surface area contributed by atoms with Gasteiger partial charge in [0.1, 0.15) is 13.2 Å². The zero-order chi connectivity index (χ0) is 28.1. The quantitative estimate of drug-likeness (QED) is 0.404. The number of carbonyl (C=O) groups excluding carboxylic acids is 2. The molecule has 0 saturated carbocycles. The van der Waals surface area contributed by atoms with Crippen LogP contribution in [0.25, 0.3) is 0 Å². The van der Waals surface area contributed by atoms with E-state index in [0.29, 0.717) is 37.4 Å². The molecule has 3 aromatic rings. The number of benzene rings is 3. The maximum absolute atomic E-state index is 13.3. The number of amides is 2. The third-order valence-electron chi connectivity index (χ3n) is 7.26. The number of rotatable bonds is 8. The molecule has 10 heteroatoms. The zero-order valence-electron chi connectivity index (χ0n) is 22.4. The largest absolute Gasteiger partial charge is 0.443 e. The van der Waals surface area contributed by atoms with Crippen molar-refractivity contribution in [2.75, 3.05) is 25.9 Å². The van der Waals surface area contributed by atoms with Gasteiger partial charge >= 0.3 is 12.2 Å². The number of piperidine rings is 1. The van der Waals surface area contributed by atoms with Gasteiger partial charge in [-0.2, -0.15) is 0 Å². The summed E-state index contributed by atoms with van der Waals surface area (Å²) >= 11 is 0. The van der Waals surface area contributed by atoms with E-state index < -0.39 is 22.0 Å². The molecule has 2 fully saturated rings. The molecule has 2 heterocycles. The fraction of sp³-hybridized carbons (Fsp3) is 0.333. The van der Waals surface area contributed by atoms with Gasteiger partial charge in [-0.05, 0) is 41.7 Å². The number of sulfone groups is 1. The Labute approximate surface area is 234 Å². The molecule has 0 aliphatic carbocycles. The zero-order valence-corrected chi connectivity index (χ0v) is 23.2. The van der Waals surface area contributed by atoms with Gasteiger partial charge in [0.2, 0.25) is 0 Å². The van der Waals surface area contributed by atoms with Crippen molar-refractivity contribution in [3.63, 3.8) is 0 Å². The number of carbonyl (C=O) groups is 2. The minimum Gasteiger partial charge on any atom is -0.443 e. The highest BCUT2D eigenvalue weighted by atomic mass is 32.2. The molecule has 2 unspecified atom stereocenters. The highest BCUT2D eigenvalue weighted by molar-refractivity contribution is 7.90. The summed E-state index contributed by atoms with van der Waals surface area (Å²) in [5, 5.41) is 2.86. The molecule has 2 saturated heterocycles. The number of nitrogens with zero attached hydrogens (tertiary/aromatic N) is 3. The van der Waals surface area contributed by atoms with Crippen molar-refractivity contribution in [1.82, 2.24) is 14.9 Å². The summed E-state index contributed by atoms with van der Waals surface area (Å²) in [6, 6.07) is 25.3. The summed E-state index contributed by atoms with van der Waals surface area (Å²) in [6.07, 6.45) is 1.39. The predicted molar refractivity (Wildman–Crippen MR) is 149 cm³/mol. The number of likely N-dealkylation sites (tertiary alicyclic amines) is 1. The van der Waals surface area contributed by atoms with Gasteiger partial charge in [0.15, 0.2) is 9.84 Å². The van der Waals surface area contributed by atoms with Crippen LogP contribution in [0.15, 0.2) is 89.8 Å². The standard InChI is InChI=1S/C30H33N3O6S/c1-40(36,37)28-14-12-23(13-15-28)16-17-31-19-26-18-27(20-31)33(30(35)39-22-25-10-6-3-7-11-25)32(26)29(34)38-21-24-8-4-2-5-9-24/h2-15,26-27H,16-22H2,1H3. The summed E-state index contributed by atoms with van der Waals surface area (Å²) in [4.78, 5) is 29.2. The van der Waals surface area contributed by atoms with E-state index >= 15 is 0 Å². The molecular formula is C30H33N3O6S. The first-order chi connectivity index (χ1) is 19.3. The smallest absolute Gasteiger partial charge is 0.429 e. The van der Waals surface area contributed by atoms with Crippen LogP contribution in [0.1, 0.15) is 23.1 Å². The molecule has 3 aromatic carbocycles. The number of ether oxygens (including phenoxy) is 2. The van der Waals surface area contributed by atoms with Crippen LogP contribution >= 0.6 is 0 Å². The third-order valence-corrected chi connectivity index (χ3v) is 8.39. The van der Waals surface area contributed by atoms with Crippen LogP contribution in [0.5, 0.6) is 0 Å². The van der Waals surface area contributed by atoms with E-state index in [1.165, 1.54) is 16.3 Å². The Balaban J connectivity index is 1.27. The number of hydrogen-bond acceptors (Lipinski definition) is 7. The number of hydrazine groups is 1. The van der Waals surface area contributed by atoms with Gasteiger partial charge in [-0.1, -0.05) is 72.8 Å². The summed E-state index contributed by atoms with van der Waals surface area (Å²) in [5.74, 6) is 0. The second-order valence-corrected chi connectivity index (χ2v) is 12.3. The molecule has 0 N–H and O–H groups in total. The molecule has 2 aliphatic rings. The predicted octanol–water partition coefficient (Wildman–Crippen LogP) is 4.28. The van der Waals surface area contributed by atoms with Crippen molar-refractivity contribution >= 4 is 22.0 Å². The summed E-state index contributed by atoms with van der Waals surface area (Å²) < 4.78 is 34.8. The molecular weight excluding hydrogens is 530 g/mol. The van der Waals surface area contributed by atoms with Gasteiger partial charge in [0.25, 0.3) is 0 Å². The van der Waals surface area contributed by atoms with Crippen LogP contribution in [-0.4, -0.2) is 73.5 Å². The topological polar surface area (TPSA) is 96.5 Å². The monoisotopic (exact) mass is 563 g/mol.